The Bertz CT molecular complexity index is 1180. The van der Waals surface area contributed by atoms with E-state index in [4.69, 9.17) is 28.9 Å². The van der Waals surface area contributed by atoms with E-state index in [-0.39, 0.29) is 5.69 Å². The van der Waals surface area contributed by atoms with Crippen LogP contribution in [-0.4, -0.2) is 35.4 Å². The van der Waals surface area contributed by atoms with E-state index in [2.05, 4.69) is 25.6 Å². The minimum absolute atomic E-state index is 0.0402. The number of pyridine rings is 1. The zero-order valence-corrected chi connectivity index (χ0v) is 16.6. The molecule has 0 bridgehead atoms. The summed E-state index contributed by atoms with van der Waals surface area (Å²) >= 11 is 12.5. The van der Waals surface area contributed by atoms with Gasteiger partial charge in [-0.1, -0.05) is 29.3 Å². The number of aromatic nitrogens is 6. The molecule has 1 aromatic carbocycles. The number of carbonyl (C=O) groups excluding carboxylic acids is 1. The molecule has 11 heteroatoms. The summed E-state index contributed by atoms with van der Waals surface area (Å²) in [6.07, 6.45) is 4.79. The first-order chi connectivity index (χ1) is 13.9. The maximum atomic E-state index is 11.9. The molecule has 0 spiro atoms. The molecule has 1 amide bonds. The number of hydrogen-bond acceptors (Lipinski definition) is 6. The molecule has 0 unspecified atom stereocenters. The first kappa shape index (κ1) is 18.9. The van der Waals surface area contributed by atoms with E-state index in [1.165, 1.54) is 4.68 Å². The van der Waals surface area contributed by atoms with Gasteiger partial charge in [-0.3, -0.25) is 9.78 Å². The molecule has 0 saturated carbocycles. The van der Waals surface area contributed by atoms with Crippen LogP contribution >= 0.6 is 23.2 Å². The summed E-state index contributed by atoms with van der Waals surface area (Å²) in [4.78, 5) is 16.3. The van der Waals surface area contributed by atoms with Crippen LogP contribution in [0, 0.1) is 0 Å². The highest BCUT2D eigenvalue weighted by Gasteiger charge is 2.18. The van der Waals surface area contributed by atoms with Crippen LogP contribution in [-0.2, 0) is 7.05 Å². The van der Waals surface area contributed by atoms with Crippen molar-refractivity contribution in [1.82, 2.24) is 29.5 Å². The molecular weight excluding hydrogens is 415 g/mol. The van der Waals surface area contributed by atoms with Gasteiger partial charge in [0.2, 0.25) is 0 Å². The van der Waals surface area contributed by atoms with E-state index >= 15 is 0 Å². The lowest BCUT2D eigenvalue weighted by molar-refractivity contribution is 0.0996. The quantitative estimate of drug-likeness (QED) is 0.503. The second-order valence-electron chi connectivity index (χ2n) is 6.09. The third kappa shape index (κ3) is 3.65. The largest absolute Gasteiger partial charge is 0.364 e. The van der Waals surface area contributed by atoms with Gasteiger partial charge < -0.3 is 15.6 Å². The van der Waals surface area contributed by atoms with Crippen LogP contribution in [0.1, 0.15) is 10.5 Å². The smallest absolute Gasteiger partial charge is 0.271 e. The number of nitrogens with two attached hydrogens (primary N) is 1. The second-order valence-corrected chi connectivity index (χ2v) is 6.91. The maximum Gasteiger partial charge on any atom is 0.271 e. The fourth-order valence-corrected chi connectivity index (χ4v) is 3.31. The molecule has 146 valence electrons. The summed E-state index contributed by atoms with van der Waals surface area (Å²) in [5.74, 6) is -0.0614. The topological polar surface area (TPSA) is 117 Å². The number of nitrogens with zero attached hydrogens (tertiary/aromatic N) is 6. The van der Waals surface area contributed by atoms with Gasteiger partial charge in [0, 0.05) is 7.05 Å². The Balaban J connectivity index is 1.67. The van der Waals surface area contributed by atoms with Gasteiger partial charge in [-0.15, -0.1) is 10.2 Å². The monoisotopic (exact) mass is 428 g/mol. The number of amides is 1. The molecule has 3 N–H and O–H groups in total. The van der Waals surface area contributed by atoms with Crippen LogP contribution in [0.3, 0.4) is 0 Å². The second kappa shape index (κ2) is 7.53. The van der Waals surface area contributed by atoms with Gasteiger partial charge in [-0.2, -0.15) is 5.10 Å². The summed E-state index contributed by atoms with van der Waals surface area (Å²) in [5, 5.41) is 16.0. The van der Waals surface area contributed by atoms with E-state index < -0.39 is 5.91 Å². The van der Waals surface area contributed by atoms with Gasteiger partial charge in [0.1, 0.15) is 17.7 Å². The Kier molecular flexibility index (Phi) is 4.91. The predicted octanol–water partition coefficient (Wildman–Crippen LogP) is 3.21. The van der Waals surface area contributed by atoms with Gasteiger partial charge in [-0.25, -0.2) is 4.68 Å². The Morgan fingerprint density at radius 2 is 1.93 bits per heavy atom. The molecule has 0 atom stereocenters. The lowest BCUT2D eigenvalue weighted by Gasteiger charge is -2.06. The molecule has 0 saturated heterocycles. The number of carbonyl (C=O) groups is 1. The van der Waals surface area contributed by atoms with Crippen molar-refractivity contribution in [3.8, 4) is 17.2 Å². The van der Waals surface area contributed by atoms with Gasteiger partial charge in [0.05, 0.1) is 33.8 Å². The van der Waals surface area contributed by atoms with Crippen molar-refractivity contribution >= 4 is 40.5 Å². The molecule has 4 rings (SSSR count). The van der Waals surface area contributed by atoms with Crippen molar-refractivity contribution in [2.24, 2.45) is 12.8 Å². The third-order valence-electron chi connectivity index (χ3n) is 4.10. The van der Waals surface area contributed by atoms with Gasteiger partial charge >= 0.3 is 0 Å². The van der Waals surface area contributed by atoms with E-state index in [1.54, 1.807) is 53.6 Å². The van der Waals surface area contributed by atoms with Crippen molar-refractivity contribution in [3.05, 3.63) is 64.8 Å². The zero-order chi connectivity index (χ0) is 20.5. The summed E-state index contributed by atoms with van der Waals surface area (Å²) in [6, 6.07) is 8.65. The highest BCUT2D eigenvalue weighted by molar-refractivity contribution is 6.37. The number of halogens is 2. The van der Waals surface area contributed by atoms with E-state index in [1.807, 2.05) is 7.05 Å². The molecule has 29 heavy (non-hydrogen) atoms. The van der Waals surface area contributed by atoms with Gasteiger partial charge in [0.25, 0.3) is 5.91 Å². The first-order valence-corrected chi connectivity index (χ1v) is 9.11. The van der Waals surface area contributed by atoms with E-state index in [0.717, 1.165) is 0 Å². The molecule has 0 aliphatic carbocycles. The van der Waals surface area contributed by atoms with Crippen molar-refractivity contribution in [1.29, 1.82) is 0 Å². The van der Waals surface area contributed by atoms with Gasteiger partial charge in [0.15, 0.2) is 11.5 Å². The fraction of sp³-hybridized carbons (Fsp3) is 0.0556. The summed E-state index contributed by atoms with van der Waals surface area (Å²) in [5.41, 5.74) is 7.65. The zero-order valence-electron chi connectivity index (χ0n) is 15.0. The average Bonchev–Trinajstić information content (AvgIpc) is 3.29. The molecule has 0 fully saturated rings. The maximum absolute atomic E-state index is 11.9. The highest BCUT2D eigenvalue weighted by Crippen LogP contribution is 2.30. The van der Waals surface area contributed by atoms with Crippen molar-refractivity contribution < 1.29 is 4.79 Å². The molecule has 4 aromatic rings. The molecule has 9 nitrogen and oxygen atoms in total. The molecule has 3 heterocycles. The van der Waals surface area contributed by atoms with E-state index in [0.29, 0.717) is 38.6 Å². The Morgan fingerprint density at radius 1 is 1.17 bits per heavy atom. The minimum Gasteiger partial charge on any atom is -0.364 e. The van der Waals surface area contributed by atoms with Crippen molar-refractivity contribution in [3.63, 3.8) is 0 Å². The van der Waals surface area contributed by atoms with Crippen molar-refractivity contribution in [2.45, 2.75) is 0 Å². The minimum atomic E-state index is -0.696. The molecule has 3 aromatic heterocycles. The van der Waals surface area contributed by atoms with Crippen LogP contribution in [0.5, 0.6) is 0 Å². The predicted molar refractivity (Wildman–Crippen MR) is 110 cm³/mol. The Hall–Kier alpha value is -3.43. The van der Waals surface area contributed by atoms with E-state index in [9.17, 15) is 4.79 Å². The number of rotatable bonds is 5. The van der Waals surface area contributed by atoms with Crippen LogP contribution in [0.25, 0.3) is 17.2 Å². The van der Waals surface area contributed by atoms with Crippen LogP contribution in [0.4, 0.5) is 11.4 Å². The molecule has 0 aliphatic rings. The number of hydrogen-bond donors (Lipinski definition) is 2. The standard InChI is InChI=1S/C18H14Cl2N8O/c1-27-9-23-25-18(27)13-6-5-10(7-22-13)24-14-8-28(26-15(14)17(21)29)16-11(19)3-2-4-12(16)20/h2-9,24H,1H3,(H2,21,29). The lowest BCUT2D eigenvalue weighted by Crippen LogP contribution is -2.14. The van der Waals surface area contributed by atoms with Crippen molar-refractivity contribution in [2.75, 3.05) is 5.32 Å². The number of aryl methyl sites for hydroxylation is 1. The molecule has 0 aliphatic heterocycles. The van der Waals surface area contributed by atoms with Gasteiger partial charge in [-0.05, 0) is 24.3 Å². The average molecular weight is 429 g/mol. The molecular formula is C18H14Cl2N8O. The highest BCUT2D eigenvalue weighted by atomic mass is 35.5. The number of anilines is 2. The molecule has 0 radical (unpaired) electrons. The Labute approximate surface area is 175 Å². The number of para-hydroxylation sites is 1. The summed E-state index contributed by atoms with van der Waals surface area (Å²) in [7, 11) is 1.83. The normalized spacial score (nSPS) is 10.9. The number of nitrogens with one attached hydrogen (secondary N) is 1. The summed E-state index contributed by atoms with van der Waals surface area (Å²) in [6.45, 7) is 0. The summed E-state index contributed by atoms with van der Waals surface area (Å²) < 4.78 is 3.17. The van der Waals surface area contributed by atoms with Crippen LogP contribution in [0.15, 0.2) is 49.1 Å². The van der Waals surface area contributed by atoms with Crippen LogP contribution in [0.2, 0.25) is 10.0 Å². The third-order valence-corrected chi connectivity index (χ3v) is 4.71. The fourth-order valence-electron chi connectivity index (χ4n) is 2.74. The number of benzene rings is 1. The van der Waals surface area contributed by atoms with Crippen LogP contribution < -0.4 is 11.1 Å². The lowest BCUT2D eigenvalue weighted by atomic mass is 10.3. The first-order valence-electron chi connectivity index (χ1n) is 8.35. The SMILES string of the molecule is Cn1cnnc1-c1ccc(Nc2cn(-c3c(Cl)cccc3Cl)nc2C(N)=O)cn1. The Morgan fingerprint density at radius 3 is 2.52 bits per heavy atom. The number of primary amides is 1.